The summed E-state index contributed by atoms with van der Waals surface area (Å²) in [6.07, 6.45) is 9.23. The van der Waals surface area contributed by atoms with Gasteiger partial charge in [-0.1, -0.05) is 30.4 Å². The van der Waals surface area contributed by atoms with Crippen LogP contribution in [0.2, 0.25) is 0 Å². The van der Waals surface area contributed by atoms with E-state index in [1.165, 1.54) is 41.2 Å². The average Bonchev–Trinajstić information content (AvgIpc) is 2.86. The number of rotatable bonds is 3. The number of hydrogen-bond donors (Lipinski definition) is 0. The summed E-state index contributed by atoms with van der Waals surface area (Å²) in [6.45, 7) is 5.73. The lowest BCUT2D eigenvalue weighted by molar-refractivity contribution is 0.641. The summed E-state index contributed by atoms with van der Waals surface area (Å²) in [7, 11) is 0. The second-order valence-electron chi connectivity index (χ2n) is 5.22. The van der Waals surface area contributed by atoms with Crippen LogP contribution in [0.15, 0.2) is 47.8 Å². The van der Waals surface area contributed by atoms with E-state index in [0.29, 0.717) is 0 Å². The van der Waals surface area contributed by atoms with Crippen LogP contribution in [0, 0.1) is 13.8 Å². The molecule has 100 valence electrons. The highest BCUT2D eigenvalue weighted by Gasteiger charge is 2.14. The first-order valence-electron chi connectivity index (χ1n) is 6.89. The quantitative estimate of drug-likeness (QED) is 0.611. The van der Waals surface area contributed by atoms with Crippen molar-refractivity contribution in [2.24, 2.45) is 0 Å². The molecule has 0 unspecified atom stereocenters. The second kappa shape index (κ2) is 6.01. The molecule has 0 amide bonds. The predicted molar refractivity (Wildman–Crippen MR) is 80.7 cm³/mol. The minimum absolute atomic E-state index is 0.151. The van der Waals surface area contributed by atoms with Gasteiger partial charge in [0.2, 0.25) is 0 Å². The van der Waals surface area contributed by atoms with E-state index in [-0.39, 0.29) is 5.83 Å². The van der Waals surface area contributed by atoms with Crippen molar-refractivity contribution in [3.63, 3.8) is 0 Å². The zero-order valence-electron chi connectivity index (χ0n) is 12.0. The monoisotopic (exact) mass is 256 g/mol. The molecule has 1 heteroatoms. The van der Waals surface area contributed by atoms with Gasteiger partial charge in [-0.3, -0.25) is 0 Å². The topological polar surface area (TPSA) is 0 Å². The van der Waals surface area contributed by atoms with Crippen LogP contribution in [-0.4, -0.2) is 0 Å². The van der Waals surface area contributed by atoms with Gasteiger partial charge >= 0.3 is 0 Å². The molecule has 1 aliphatic rings. The first kappa shape index (κ1) is 13.8. The summed E-state index contributed by atoms with van der Waals surface area (Å²) in [6, 6.07) is 6.32. The van der Waals surface area contributed by atoms with Gasteiger partial charge in [0.1, 0.15) is 0 Å². The largest absolute Gasteiger partial charge is 0.212 e. The first-order valence-corrected chi connectivity index (χ1v) is 6.89. The van der Waals surface area contributed by atoms with Crippen LogP contribution in [0.5, 0.6) is 0 Å². The zero-order valence-corrected chi connectivity index (χ0v) is 12.0. The molecule has 0 N–H and O–H groups in total. The Hall–Kier alpha value is -1.63. The summed E-state index contributed by atoms with van der Waals surface area (Å²) in [4.78, 5) is 0. The Kier molecular flexibility index (Phi) is 4.36. The minimum Gasteiger partial charge on any atom is -0.212 e. The molecule has 0 spiro atoms. The highest BCUT2D eigenvalue weighted by Crippen LogP contribution is 2.35. The van der Waals surface area contributed by atoms with E-state index in [9.17, 15) is 4.39 Å². The smallest absolute Gasteiger partial charge is 0.0968 e. The molecule has 2 rings (SSSR count). The second-order valence-corrected chi connectivity index (χ2v) is 5.22. The zero-order chi connectivity index (χ0) is 13.8. The Balaban J connectivity index is 2.55. The Bertz CT molecular complexity index is 535. The fraction of sp³-hybridized carbons (Fsp3) is 0.333. The van der Waals surface area contributed by atoms with E-state index in [0.717, 1.165) is 12.8 Å². The van der Waals surface area contributed by atoms with Gasteiger partial charge in [-0.25, -0.2) is 4.39 Å². The first-order chi connectivity index (χ1) is 9.09. The standard InChI is InChI=1S/C18H21F/c1-13-7-6-8-14(2)18(13)17(12-11-15(3)19)16-9-4-5-10-16/h6-9,11-12H,4-5,10H2,1-3H3. The highest BCUT2D eigenvalue weighted by atomic mass is 19.1. The molecule has 0 fully saturated rings. The van der Waals surface area contributed by atoms with E-state index < -0.39 is 0 Å². The fourth-order valence-corrected chi connectivity index (χ4v) is 2.70. The van der Waals surface area contributed by atoms with Crippen LogP contribution in [0.1, 0.15) is 42.9 Å². The molecule has 0 bridgehead atoms. The van der Waals surface area contributed by atoms with Crippen LogP contribution >= 0.6 is 0 Å². The van der Waals surface area contributed by atoms with Crippen LogP contribution in [0.3, 0.4) is 0 Å². The molecule has 0 heterocycles. The van der Waals surface area contributed by atoms with Gasteiger partial charge in [0.25, 0.3) is 0 Å². The van der Waals surface area contributed by atoms with Gasteiger partial charge in [0.05, 0.1) is 5.83 Å². The van der Waals surface area contributed by atoms with E-state index >= 15 is 0 Å². The highest BCUT2D eigenvalue weighted by molar-refractivity contribution is 5.83. The van der Waals surface area contributed by atoms with Crippen LogP contribution in [0.4, 0.5) is 4.39 Å². The molecule has 1 aromatic rings. The number of halogens is 1. The van der Waals surface area contributed by atoms with E-state index in [1.54, 1.807) is 6.08 Å². The van der Waals surface area contributed by atoms with Gasteiger partial charge in [0, 0.05) is 0 Å². The molecule has 0 saturated carbocycles. The van der Waals surface area contributed by atoms with Crippen molar-refractivity contribution in [3.05, 3.63) is 64.5 Å². The number of hydrogen-bond acceptors (Lipinski definition) is 0. The van der Waals surface area contributed by atoms with Crippen LogP contribution in [0.25, 0.3) is 5.57 Å². The Labute approximate surface area is 115 Å². The molecule has 1 aliphatic carbocycles. The summed E-state index contributed by atoms with van der Waals surface area (Å²) in [5, 5.41) is 0. The lowest BCUT2D eigenvalue weighted by Gasteiger charge is -2.15. The Morgan fingerprint density at radius 1 is 1.16 bits per heavy atom. The van der Waals surface area contributed by atoms with E-state index in [1.807, 2.05) is 6.08 Å². The van der Waals surface area contributed by atoms with Crippen molar-refractivity contribution >= 4 is 5.57 Å². The SMILES string of the molecule is CC(F)=CC=C(C1=CCCC1)c1c(C)cccc1C. The summed E-state index contributed by atoms with van der Waals surface area (Å²) >= 11 is 0. The normalized spacial score (nSPS) is 16.7. The number of benzene rings is 1. The van der Waals surface area contributed by atoms with Gasteiger partial charge in [-0.15, -0.1) is 0 Å². The fourth-order valence-electron chi connectivity index (χ4n) is 2.70. The maximum atomic E-state index is 13.1. The third-order valence-corrected chi connectivity index (χ3v) is 3.62. The third kappa shape index (κ3) is 3.23. The molecular weight excluding hydrogens is 235 g/mol. The average molecular weight is 256 g/mol. The maximum absolute atomic E-state index is 13.1. The molecule has 19 heavy (non-hydrogen) atoms. The predicted octanol–water partition coefficient (Wildman–Crippen LogP) is 5.67. The maximum Gasteiger partial charge on any atom is 0.0968 e. The third-order valence-electron chi connectivity index (χ3n) is 3.62. The summed E-state index contributed by atoms with van der Waals surface area (Å²) < 4.78 is 13.1. The van der Waals surface area contributed by atoms with E-state index in [2.05, 4.69) is 38.1 Å². The summed E-state index contributed by atoms with van der Waals surface area (Å²) in [5.74, 6) is -0.151. The molecule has 0 nitrogen and oxygen atoms in total. The van der Waals surface area contributed by atoms with Crippen molar-refractivity contribution in [3.8, 4) is 0 Å². The Morgan fingerprint density at radius 3 is 2.37 bits per heavy atom. The van der Waals surface area contributed by atoms with Crippen molar-refractivity contribution in [1.29, 1.82) is 0 Å². The van der Waals surface area contributed by atoms with Crippen LogP contribution in [-0.2, 0) is 0 Å². The molecule has 1 aromatic carbocycles. The molecule has 0 aliphatic heterocycles. The van der Waals surface area contributed by atoms with Gasteiger partial charge in [-0.2, -0.15) is 0 Å². The van der Waals surface area contributed by atoms with Crippen molar-refractivity contribution in [1.82, 2.24) is 0 Å². The van der Waals surface area contributed by atoms with Crippen molar-refractivity contribution in [2.45, 2.75) is 40.0 Å². The lowest BCUT2D eigenvalue weighted by atomic mass is 9.90. The lowest BCUT2D eigenvalue weighted by Crippen LogP contribution is -1.95. The number of aryl methyl sites for hydroxylation is 2. The molecule has 0 radical (unpaired) electrons. The van der Waals surface area contributed by atoms with Crippen molar-refractivity contribution in [2.75, 3.05) is 0 Å². The molecular formula is C18H21F. The van der Waals surface area contributed by atoms with E-state index in [4.69, 9.17) is 0 Å². The Morgan fingerprint density at radius 2 is 1.84 bits per heavy atom. The summed E-state index contributed by atoms with van der Waals surface area (Å²) in [5.41, 5.74) is 6.31. The van der Waals surface area contributed by atoms with Gasteiger partial charge < -0.3 is 0 Å². The molecule has 0 aromatic heterocycles. The van der Waals surface area contributed by atoms with Gasteiger partial charge in [-0.05, 0) is 73.9 Å². The van der Waals surface area contributed by atoms with Crippen LogP contribution < -0.4 is 0 Å². The molecule has 0 saturated heterocycles. The number of allylic oxidation sites excluding steroid dienone is 6. The van der Waals surface area contributed by atoms with Gasteiger partial charge in [0.15, 0.2) is 0 Å². The van der Waals surface area contributed by atoms with Crippen molar-refractivity contribution < 1.29 is 4.39 Å². The molecule has 0 atom stereocenters. The minimum atomic E-state index is -0.151.